The highest BCUT2D eigenvalue weighted by Gasteiger charge is 2.40. The molecule has 0 fully saturated rings. The Balaban J connectivity index is 2.05. The molecular weight excluding hydrogens is 333 g/mol. The number of nitrogens with two attached hydrogens (primary N) is 1. The number of guanidine groups is 1. The lowest BCUT2D eigenvalue weighted by Crippen LogP contribution is -2.47. The molecule has 1 aliphatic heterocycles. The first kappa shape index (κ1) is 14.1. The molecule has 0 aromatic heterocycles. The number of hydrogen-bond acceptors (Lipinski definition) is 3. The number of hydrogen-bond donors (Lipinski definition) is 1. The minimum Gasteiger partial charge on any atom is -0.369 e. The van der Waals surface area contributed by atoms with E-state index < -0.39 is 0 Å². The van der Waals surface area contributed by atoms with Gasteiger partial charge in [-0.05, 0) is 48.9 Å². The van der Waals surface area contributed by atoms with Gasteiger partial charge in [0.25, 0.3) is 0 Å². The predicted octanol–water partition coefficient (Wildman–Crippen LogP) is 3.64. The molecule has 1 aliphatic rings. The zero-order chi connectivity index (χ0) is 15.0. The number of benzene rings is 2. The number of anilines is 1. The zero-order valence-corrected chi connectivity index (χ0v) is 13.1. The second kappa shape index (κ2) is 5.15. The molecule has 0 amide bonds. The summed E-state index contributed by atoms with van der Waals surface area (Å²) in [5, 5.41) is 0. The van der Waals surface area contributed by atoms with Crippen LogP contribution in [0.5, 0.6) is 0 Å². The molecule has 0 saturated heterocycles. The van der Waals surface area contributed by atoms with Gasteiger partial charge in [-0.1, -0.05) is 28.1 Å². The average Bonchev–Trinajstić information content (AvgIpc) is 2.78. The van der Waals surface area contributed by atoms with Gasteiger partial charge in [0.1, 0.15) is 5.82 Å². The molecule has 1 heterocycles. The van der Waals surface area contributed by atoms with Crippen molar-refractivity contribution in [1.29, 1.82) is 0 Å². The Morgan fingerprint density at radius 2 is 1.76 bits per heavy atom. The van der Waals surface area contributed by atoms with Crippen LogP contribution in [0.2, 0.25) is 0 Å². The molecule has 3 rings (SSSR count). The molecule has 5 heteroatoms. The van der Waals surface area contributed by atoms with E-state index >= 15 is 0 Å². The highest BCUT2D eigenvalue weighted by molar-refractivity contribution is 9.10. The van der Waals surface area contributed by atoms with Crippen molar-refractivity contribution in [1.82, 2.24) is 0 Å². The Morgan fingerprint density at radius 1 is 1.14 bits per heavy atom. The maximum atomic E-state index is 13.1. The summed E-state index contributed by atoms with van der Waals surface area (Å²) in [6.45, 7) is 2.65. The molecule has 108 valence electrons. The van der Waals surface area contributed by atoms with Crippen molar-refractivity contribution < 1.29 is 4.39 Å². The molecule has 2 N–H and O–H groups in total. The summed E-state index contributed by atoms with van der Waals surface area (Å²) in [5.41, 5.74) is 7.64. The van der Waals surface area contributed by atoms with Crippen LogP contribution in [0.3, 0.4) is 0 Å². The van der Waals surface area contributed by atoms with Crippen LogP contribution in [0.25, 0.3) is 0 Å². The largest absolute Gasteiger partial charge is 0.369 e. The molecule has 0 aliphatic carbocycles. The van der Waals surface area contributed by atoms with Gasteiger partial charge in [0, 0.05) is 10.2 Å². The van der Waals surface area contributed by atoms with E-state index in [1.165, 1.54) is 12.1 Å². The molecule has 2 aromatic rings. The normalized spacial score (nSPS) is 21.5. The zero-order valence-electron chi connectivity index (χ0n) is 11.6. The van der Waals surface area contributed by atoms with Crippen molar-refractivity contribution in [2.75, 3.05) is 11.4 Å². The first-order chi connectivity index (χ1) is 10.0. The van der Waals surface area contributed by atoms with E-state index in [0.29, 0.717) is 12.5 Å². The van der Waals surface area contributed by atoms with Crippen molar-refractivity contribution >= 4 is 27.6 Å². The van der Waals surface area contributed by atoms with Gasteiger partial charge in [0.05, 0.1) is 12.1 Å². The van der Waals surface area contributed by atoms with Crippen molar-refractivity contribution in [2.24, 2.45) is 10.7 Å². The standard InChI is InChI=1S/C16H15BrFN3/c1-16(11-2-4-12(17)5-3-11)10-20-15(19)21(16)14-8-6-13(18)7-9-14/h2-9H,10H2,1H3,(H2,19,20). The van der Waals surface area contributed by atoms with E-state index in [1.807, 2.05) is 17.0 Å². The molecule has 0 bridgehead atoms. The SMILES string of the molecule is CC1(c2ccc(Br)cc2)CN=C(N)N1c1ccc(F)cc1. The molecule has 1 atom stereocenters. The van der Waals surface area contributed by atoms with E-state index in [4.69, 9.17) is 5.73 Å². The van der Waals surface area contributed by atoms with E-state index in [0.717, 1.165) is 15.7 Å². The second-order valence-corrected chi connectivity index (χ2v) is 6.18. The molecule has 0 spiro atoms. The van der Waals surface area contributed by atoms with Gasteiger partial charge in [-0.25, -0.2) is 4.39 Å². The molecule has 3 nitrogen and oxygen atoms in total. The monoisotopic (exact) mass is 347 g/mol. The van der Waals surface area contributed by atoms with Crippen LogP contribution in [0.15, 0.2) is 58.0 Å². The summed E-state index contributed by atoms with van der Waals surface area (Å²) >= 11 is 3.44. The van der Waals surface area contributed by atoms with Gasteiger partial charge < -0.3 is 10.6 Å². The van der Waals surface area contributed by atoms with Gasteiger partial charge >= 0.3 is 0 Å². The Bertz CT molecular complexity index is 682. The molecule has 1 unspecified atom stereocenters. The Kier molecular flexibility index (Phi) is 3.45. The average molecular weight is 348 g/mol. The van der Waals surface area contributed by atoms with Gasteiger partial charge in [0.2, 0.25) is 0 Å². The quantitative estimate of drug-likeness (QED) is 0.900. The highest BCUT2D eigenvalue weighted by atomic mass is 79.9. The molecule has 0 radical (unpaired) electrons. The fraction of sp³-hybridized carbons (Fsp3) is 0.188. The number of rotatable bonds is 2. The van der Waals surface area contributed by atoms with Crippen LogP contribution in [0, 0.1) is 5.82 Å². The fourth-order valence-electron chi connectivity index (χ4n) is 2.67. The van der Waals surface area contributed by atoms with Crippen LogP contribution in [0.4, 0.5) is 10.1 Å². The summed E-state index contributed by atoms with van der Waals surface area (Å²) in [5.74, 6) is 0.186. The first-order valence-electron chi connectivity index (χ1n) is 6.62. The topological polar surface area (TPSA) is 41.6 Å². The molecular formula is C16H15BrFN3. The van der Waals surface area contributed by atoms with Gasteiger partial charge in [-0.2, -0.15) is 0 Å². The maximum Gasteiger partial charge on any atom is 0.196 e. The van der Waals surface area contributed by atoms with E-state index in [2.05, 4.69) is 40.0 Å². The minimum atomic E-state index is -0.372. The third kappa shape index (κ3) is 2.42. The number of nitrogens with zero attached hydrogens (tertiary/aromatic N) is 2. The Hall–Kier alpha value is -1.88. The van der Waals surface area contributed by atoms with Crippen LogP contribution < -0.4 is 10.6 Å². The summed E-state index contributed by atoms with van der Waals surface area (Å²) in [6, 6.07) is 14.4. The summed E-state index contributed by atoms with van der Waals surface area (Å²) in [4.78, 5) is 6.34. The number of halogens is 2. The number of aliphatic imine (C=N–C) groups is 1. The summed E-state index contributed by atoms with van der Waals surface area (Å²) in [6.07, 6.45) is 0. The molecule has 2 aromatic carbocycles. The maximum absolute atomic E-state index is 13.1. The van der Waals surface area contributed by atoms with Crippen LogP contribution in [0.1, 0.15) is 12.5 Å². The first-order valence-corrected chi connectivity index (χ1v) is 7.42. The van der Waals surface area contributed by atoms with Crippen molar-refractivity contribution in [3.8, 4) is 0 Å². The lowest BCUT2D eigenvalue weighted by atomic mass is 9.90. The lowest BCUT2D eigenvalue weighted by Gasteiger charge is -2.36. The Morgan fingerprint density at radius 3 is 2.38 bits per heavy atom. The van der Waals surface area contributed by atoms with Gasteiger partial charge in [0.15, 0.2) is 5.96 Å². The highest BCUT2D eigenvalue weighted by Crippen LogP contribution is 2.37. The lowest BCUT2D eigenvalue weighted by molar-refractivity contribution is 0.532. The smallest absolute Gasteiger partial charge is 0.196 e. The van der Waals surface area contributed by atoms with Crippen LogP contribution >= 0.6 is 15.9 Å². The third-order valence-electron chi connectivity index (χ3n) is 3.82. The van der Waals surface area contributed by atoms with Gasteiger partial charge in [-0.3, -0.25) is 4.99 Å². The Labute approximate surface area is 131 Å². The van der Waals surface area contributed by atoms with E-state index in [9.17, 15) is 4.39 Å². The van der Waals surface area contributed by atoms with Crippen LogP contribution in [-0.2, 0) is 5.54 Å². The minimum absolute atomic E-state index is 0.265. The van der Waals surface area contributed by atoms with Crippen LogP contribution in [-0.4, -0.2) is 12.5 Å². The molecule has 0 saturated carbocycles. The van der Waals surface area contributed by atoms with Crippen molar-refractivity contribution in [3.63, 3.8) is 0 Å². The van der Waals surface area contributed by atoms with Gasteiger partial charge in [-0.15, -0.1) is 0 Å². The predicted molar refractivity (Wildman–Crippen MR) is 86.9 cm³/mol. The van der Waals surface area contributed by atoms with E-state index in [1.54, 1.807) is 12.1 Å². The van der Waals surface area contributed by atoms with Crippen molar-refractivity contribution in [2.45, 2.75) is 12.5 Å². The summed E-state index contributed by atoms with van der Waals surface area (Å²) in [7, 11) is 0. The van der Waals surface area contributed by atoms with Crippen molar-refractivity contribution in [3.05, 3.63) is 64.4 Å². The summed E-state index contributed by atoms with van der Waals surface area (Å²) < 4.78 is 14.2. The fourth-order valence-corrected chi connectivity index (χ4v) is 2.93. The second-order valence-electron chi connectivity index (χ2n) is 5.27. The van der Waals surface area contributed by atoms with E-state index in [-0.39, 0.29) is 11.4 Å². The molecule has 21 heavy (non-hydrogen) atoms. The third-order valence-corrected chi connectivity index (χ3v) is 4.35.